The fraction of sp³-hybridized carbons (Fsp3) is 0.348. The first kappa shape index (κ1) is 19.0. The van der Waals surface area contributed by atoms with Crippen molar-refractivity contribution in [2.75, 3.05) is 0 Å². The molecule has 0 amide bonds. The van der Waals surface area contributed by atoms with Crippen LogP contribution >= 0.6 is 11.6 Å². The molecule has 1 saturated carbocycles. The van der Waals surface area contributed by atoms with Crippen LogP contribution in [0.1, 0.15) is 48.4 Å². The predicted molar refractivity (Wildman–Crippen MR) is 110 cm³/mol. The summed E-state index contributed by atoms with van der Waals surface area (Å²) in [7, 11) is 0. The topological polar surface area (TPSA) is 49.0 Å². The zero-order valence-corrected chi connectivity index (χ0v) is 16.7. The van der Waals surface area contributed by atoms with Crippen LogP contribution in [-0.2, 0) is 0 Å². The number of aryl methyl sites for hydroxylation is 2. The zero-order valence-electron chi connectivity index (χ0n) is 16.0. The van der Waals surface area contributed by atoms with Crippen LogP contribution < -0.4 is 0 Å². The number of benzene rings is 2. The van der Waals surface area contributed by atoms with Crippen LogP contribution in [-0.4, -0.2) is 15.8 Å². The molecular weight excluding hydrogens is 375 g/mol. The smallest absolute Gasteiger partial charge is 0.124 e. The highest BCUT2D eigenvalue weighted by Gasteiger charge is 2.24. The molecule has 144 valence electrons. The number of nitrogens with zero attached hydrogens (tertiary/aromatic N) is 2. The molecule has 5 heteroatoms. The van der Waals surface area contributed by atoms with Crippen LogP contribution in [0.15, 0.2) is 30.5 Å². The van der Waals surface area contributed by atoms with E-state index in [1.165, 1.54) is 12.1 Å². The van der Waals surface area contributed by atoms with Gasteiger partial charge in [0.15, 0.2) is 0 Å². The highest BCUT2D eigenvalue weighted by atomic mass is 35.5. The Labute approximate surface area is 169 Å². The lowest BCUT2D eigenvalue weighted by molar-refractivity contribution is 0.111. The van der Waals surface area contributed by atoms with Gasteiger partial charge in [0.25, 0.3) is 0 Å². The molecule has 4 rings (SSSR count). The summed E-state index contributed by atoms with van der Waals surface area (Å²) in [5, 5.41) is 20.8. The molecule has 0 bridgehead atoms. The van der Waals surface area contributed by atoms with E-state index in [1.807, 2.05) is 25.3 Å². The second-order valence-electron chi connectivity index (χ2n) is 7.79. The lowest BCUT2D eigenvalue weighted by Crippen LogP contribution is -2.20. The van der Waals surface area contributed by atoms with E-state index in [-0.39, 0.29) is 18.0 Å². The van der Waals surface area contributed by atoms with Gasteiger partial charge in [-0.25, -0.2) is 4.39 Å². The molecule has 2 aromatic carbocycles. The molecule has 0 radical (unpaired) electrons. The van der Waals surface area contributed by atoms with Gasteiger partial charge in [-0.2, -0.15) is 5.26 Å². The van der Waals surface area contributed by atoms with Crippen LogP contribution in [0, 0.1) is 31.0 Å². The summed E-state index contributed by atoms with van der Waals surface area (Å²) >= 11 is 6.55. The minimum atomic E-state index is -0.328. The average molecular weight is 397 g/mol. The summed E-state index contributed by atoms with van der Waals surface area (Å²) in [6, 6.07) is 9.32. The van der Waals surface area contributed by atoms with Crippen molar-refractivity contribution >= 4 is 22.5 Å². The van der Waals surface area contributed by atoms with E-state index in [0.29, 0.717) is 21.7 Å². The summed E-state index contributed by atoms with van der Waals surface area (Å²) in [4.78, 5) is 0. The third-order valence-corrected chi connectivity index (χ3v) is 6.37. The molecule has 1 N–H and O–H groups in total. The van der Waals surface area contributed by atoms with Crippen molar-refractivity contribution in [3.63, 3.8) is 0 Å². The van der Waals surface area contributed by atoms with Gasteiger partial charge >= 0.3 is 0 Å². The first-order valence-corrected chi connectivity index (χ1v) is 9.96. The van der Waals surface area contributed by atoms with Crippen molar-refractivity contribution in [3.8, 4) is 17.2 Å². The van der Waals surface area contributed by atoms with Crippen molar-refractivity contribution in [2.45, 2.75) is 51.7 Å². The van der Waals surface area contributed by atoms with Gasteiger partial charge in [-0.15, -0.1) is 0 Å². The number of aromatic nitrogens is 1. The van der Waals surface area contributed by atoms with E-state index in [2.05, 4.69) is 10.6 Å². The number of hydrogen-bond acceptors (Lipinski definition) is 2. The van der Waals surface area contributed by atoms with E-state index in [1.54, 1.807) is 6.92 Å². The minimum absolute atomic E-state index is 0.232. The lowest BCUT2D eigenvalue weighted by Gasteiger charge is -2.27. The maximum Gasteiger partial charge on any atom is 0.124 e. The Bertz CT molecular complexity index is 1100. The number of halogens is 2. The van der Waals surface area contributed by atoms with Crippen molar-refractivity contribution in [1.29, 1.82) is 5.26 Å². The molecule has 0 unspecified atom stereocenters. The second kappa shape index (κ2) is 7.24. The normalized spacial score (nSPS) is 19.7. The Kier molecular flexibility index (Phi) is 4.91. The van der Waals surface area contributed by atoms with Gasteiger partial charge in [-0.05, 0) is 74.9 Å². The number of rotatable bonds is 2. The zero-order chi connectivity index (χ0) is 20.0. The highest BCUT2D eigenvalue weighted by Crippen LogP contribution is 2.41. The van der Waals surface area contributed by atoms with Gasteiger partial charge in [0, 0.05) is 34.3 Å². The van der Waals surface area contributed by atoms with E-state index in [0.717, 1.165) is 47.7 Å². The fourth-order valence-electron chi connectivity index (χ4n) is 4.30. The first-order valence-electron chi connectivity index (χ1n) is 9.58. The molecule has 1 aliphatic rings. The van der Waals surface area contributed by atoms with Crippen molar-refractivity contribution < 1.29 is 9.50 Å². The summed E-state index contributed by atoms with van der Waals surface area (Å²) < 4.78 is 16.4. The number of aliphatic hydroxyl groups excluding tert-OH is 1. The Morgan fingerprint density at radius 2 is 1.79 bits per heavy atom. The Balaban J connectivity index is 1.98. The largest absolute Gasteiger partial charge is 0.393 e. The Morgan fingerprint density at radius 1 is 1.07 bits per heavy atom. The maximum atomic E-state index is 14.2. The Hall–Kier alpha value is -2.35. The number of fused-ring (bicyclic) bond motifs is 1. The standard InChI is InChI=1S/C23H22ClFN2O/c1-13-8-22-19(9-15(13)11-26)21(20-10-16(25)7-14(2)23(20)24)12-27(22)17-3-5-18(28)6-4-17/h7-10,12,17-18,28H,3-6H2,1-2H3. The predicted octanol–water partition coefficient (Wildman–Crippen LogP) is 6.07. The molecule has 1 aliphatic carbocycles. The Morgan fingerprint density at radius 3 is 2.46 bits per heavy atom. The second-order valence-corrected chi connectivity index (χ2v) is 8.17. The molecule has 0 aliphatic heterocycles. The maximum absolute atomic E-state index is 14.2. The molecular formula is C23H22ClFN2O. The number of hydrogen-bond donors (Lipinski definition) is 1. The monoisotopic (exact) mass is 396 g/mol. The van der Waals surface area contributed by atoms with E-state index in [4.69, 9.17) is 11.6 Å². The third kappa shape index (κ3) is 3.19. The fourth-order valence-corrected chi connectivity index (χ4v) is 4.51. The number of nitriles is 1. The van der Waals surface area contributed by atoms with Crippen molar-refractivity contribution in [3.05, 3.63) is 58.0 Å². The molecule has 0 saturated heterocycles. The van der Waals surface area contributed by atoms with E-state index in [9.17, 15) is 14.8 Å². The molecule has 0 spiro atoms. The van der Waals surface area contributed by atoms with Gasteiger partial charge in [-0.3, -0.25) is 0 Å². The van der Waals surface area contributed by atoms with E-state index >= 15 is 0 Å². The first-order chi connectivity index (χ1) is 13.4. The summed E-state index contributed by atoms with van der Waals surface area (Å²) in [5.41, 5.74) is 4.71. The van der Waals surface area contributed by atoms with Gasteiger partial charge in [-0.1, -0.05) is 11.6 Å². The molecule has 3 nitrogen and oxygen atoms in total. The SMILES string of the molecule is Cc1cc2c(cc1C#N)c(-c1cc(F)cc(C)c1Cl)cn2C1CCC(O)CC1. The molecule has 28 heavy (non-hydrogen) atoms. The van der Waals surface area contributed by atoms with Crippen LogP contribution in [0.4, 0.5) is 4.39 Å². The van der Waals surface area contributed by atoms with Gasteiger partial charge in [0.1, 0.15) is 5.82 Å². The lowest BCUT2D eigenvalue weighted by atomic mass is 9.93. The summed E-state index contributed by atoms with van der Waals surface area (Å²) in [6.45, 7) is 3.72. The third-order valence-electron chi connectivity index (χ3n) is 5.87. The van der Waals surface area contributed by atoms with Gasteiger partial charge in [0.05, 0.1) is 22.8 Å². The van der Waals surface area contributed by atoms with Crippen LogP contribution in [0.2, 0.25) is 5.02 Å². The van der Waals surface area contributed by atoms with Gasteiger partial charge in [0.2, 0.25) is 0 Å². The van der Waals surface area contributed by atoms with Crippen LogP contribution in [0.3, 0.4) is 0 Å². The summed E-state index contributed by atoms with van der Waals surface area (Å²) in [6.07, 6.45) is 5.13. The summed E-state index contributed by atoms with van der Waals surface area (Å²) in [5.74, 6) is -0.328. The highest BCUT2D eigenvalue weighted by molar-refractivity contribution is 6.34. The number of aliphatic hydroxyl groups is 1. The molecule has 1 fully saturated rings. The van der Waals surface area contributed by atoms with E-state index < -0.39 is 0 Å². The van der Waals surface area contributed by atoms with Crippen LogP contribution in [0.25, 0.3) is 22.0 Å². The molecule has 1 heterocycles. The molecule has 1 aromatic heterocycles. The van der Waals surface area contributed by atoms with Gasteiger partial charge < -0.3 is 9.67 Å². The average Bonchev–Trinajstić information content (AvgIpc) is 3.02. The molecule has 3 aromatic rings. The van der Waals surface area contributed by atoms with Crippen molar-refractivity contribution in [2.24, 2.45) is 0 Å². The van der Waals surface area contributed by atoms with Crippen LogP contribution in [0.5, 0.6) is 0 Å². The minimum Gasteiger partial charge on any atom is -0.393 e. The quantitative estimate of drug-likeness (QED) is 0.571. The molecule has 0 atom stereocenters. The van der Waals surface area contributed by atoms with Crippen molar-refractivity contribution in [1.82, 2.24) is 4.57 Å².